The quantitative estimate of drug-likeness (QED) is 0.837. The van der Waals surface area contributed by atoms with Gasteiger partial charge in [-0.05, 0) is 32.9 Å². The molecule has 0 atom stereocenters. The van der Waals surface area contributed by atoms with Crippen LogP contribution < -0.4 is 0 Å². The molecule has 20 heavy (non-hydrogen) atoms. The maximum absolute atomic E-state index is 12.0. The Balaban J connectivity index is 1.79. The first kappa shape index (κ1) is 15.6. The number of carbonyl (C=O) groups is 1. The third kappa shape index (κ3) is 4.65. The molecule has 0 saturated carbocycles. The lowest BCUT2D eigenvalue weighted by Crippen LogP contribution is -2.49. The van der Waals surface area contributed by atoms with Gasteiger partial charge in [-0.1, -0.05) is 11.6 Å². The first-order chi connectivity index (χ1) is 9.33. The van der Waals surface area contributed by atoms with Gasteiger partial charge in [-0.3, -0.25) is 4.90 Å². The smallest absolute Gasteiger partial charge is 0.410 e. The highest BCUT2D eigenvalue weighted by molar-refractivity contribution is 7.16. The fourth-order valence-electron chi connectivity index (χ4n) is 2.07. The highest BCUT2D eigenvalue weighted by Gasteiger charge is 2.25. The predicted octanol–water partition coefficient (Wildman–Crippen LogP) is 3.45. The third-order valence-electron chi connectivity index (χ3n) is 3.03. The van der Waals surface area contributed by atoms with Crippen molar-refractivity contribution < 1.29 is 9.53 Å². The van der Waals surface area contributed by atoms with Crippen LogP contribution >= 0.6 is 22.9 Å². The molecule has 4 nitrogen and oxygen atoms in total. The molecule has 0 radical (unpaired) electrons. The predicted molar refractivity (Wildman–Crippen MR) is 82.4 cm³/mol. The summed E-state index contributed by atoms with van der Waals surface area (Å²) >= 11 is 7.55. The van der Waals surface area contributed by atoms with E-state index in [0.717, 1.165) is 24.0 Å². The van der Waals surface area contributed by atoms with E-state index in [-0.39, 0.29) is 6.09 Å². The van der Waals surface area contributed by atoms with E-state index in [0.29, 0.717) is 13.1 Å². The molecule has 0 aliphatic carbocycles. The summed E-state index contributed by atoms with van der Waals surface area (Å²) in [5, 5.41) is 0. The van der Waals surface area contributed by atoms with Gasteiger partial charge in [-0.25, -0.2) is 4.79 Å². The average Bonchev–Trinajstić information content (AvgIpc) is 2.73. The number of rotatable bonds is 2. The Kier molecular flexibility index (Phi) is 4.94. The summed E-state index contributed by atoms with van der Waals surface area (Å²) in [4.78, 5) is 17.3. The molecule has 1 aromatic heterocycles. The van der Waals surface area contributed by atoms with E-state index in [1.807, 2.05) is 26.8 Å². The molecule has 0 aromatic carbocycles. The lowest BCUT2D eigenvalue weighted by atomic mass is 10.2. The van der Waals surface area contributed by atoms with E-state index in [1.165, 1.54) is 4.88 Å². The second-order valence-electron chi connectivity index (χ2n) is 5.95. The van der Waals surface area contributed by atoms with E-state index in [1.54, 1.807) is 16.2 Å². The summed E-state index contributed by atoms with van der Waals surface area (Å²) in [5.74, 6) is 0. The zero-order chi connectivity index (χ0) is 14.8. The Hall–Kier alpha value is -0.780. The summed E-state index contributed by atoms with van der Waals surface area (Å²) in [7, 11) is 0. The van der Waals surface area contributed by atoms with Gasteiger partial charge in [0.15, 0.2) is 0 Å². The largest absolute Gasteiger partial charge is 0.444 e. The maximum atomic E-state index is 12.0. The molecule has 6 heteroatoms. The summed E-state index contributed by atoms with van der Waals surface area (Å²) < 4.78 is 6.21. The fourth-order valence-corrected chi connectivity index (χ4v) is 3.20. The second-order valence-corrected chi connectivity index (χ2v) is 7.75. The molecule has 2 rings (SSSR count). The van der Waals surface area contributed by atoms with Crippen LogP contribution in [0.5, 0.6) is 0 Å². The summed E-state index contributed by atoms with van der Waals surface area (Å²) in [6.07, 6.45) is -0.212. The first-order valence-electron chi connectivity index (χ1n) is 6.78. The molecular formula is C14H21ClN2O2S. The van der Waals surface area contributed by atoms with E-state index >= 15 is 0 Å². The monoisotopic (exact) mass is 316 g/mol. The number of thiophene rings is 1. The van der Waals surface area contributed by atoms with E-state index in [9.17, 15) is 4.79 Å². The van der Waals surface area contributed by atoms with Gasteiger partial charge in [0.25, 0.3) is 0 Å². The molecule has 1 aliphatic heterocycles. The van der Waals surface area contributed by atoms with E-state index in [2.05, 4.69) is 11.0 Å². The van der Waals surface area contributed by atoms with Crippen molar-refractivity contribution in [3.8, 4) is 0 Å². The number of carbonyl (C=O) groups excluding carboxylic acids is 1. The number of halogens is 1. The molecule has 1 fully saturated rings. The Bertz CT molecular complexity index is 462. The van der Waals surface area contributed by atoms with Gasteiger partial charge in [0.05, 0.1) is 4.34 Å². The van der Waals surface area contributed by atoms with Crippen molar-refractivity contribution in [2.75, 3.05) is 26.2 Å². The minimum Gasteiger partial charge on any atom is -0.444 e. The molecule has 112 valence electrons. The molecule has 0 spiro atoms. The Morgan fingerprint density at radius 3 is 2.45 bits per heavy atom. The van der Waals surface area contributed by atoms with Crippen LogP contribution in [-0.4, -0.2) is 47.7 Å². The van der Waals surface area contributed by atoms with Crippen molar-refractivity contribution in [2.24, 2.45) is 0 Å². The van der Waals surface area contributed by atoms with Crippen molar-refractivity contribution in [1.82, 2.24) is 9.80 Å². The minimum atomic E-state index is -0.429. The molecule has 0 unspecified atom stereocenters. The van der Waals surface area contributed by atoms with Crippen LogP contribution in [0.15, 0.2) is 12.1 Å². The zero-order valence-electron chi connectivity index (χ0n) is 12.2. The van der Waals surface area contributed by atoms with Crippen LogP contribution in [0.4, 0.5) is 4.79 Å². The molecular weight excluding hydrogens is 296 g/mol. The molecule has 2 heterocycles. The van der Waals surface area contributed by atoms with Crippen molar-refractivity contribution in [3.63, 3.8) is 0 Å². The molecule has 1 aliphatic rings. The summed E-state index contributed by atoms with van der Waals surface area (Å²) in [5.41, 5.74) is -0.429. The van der Waals surface area contributed by atoms with Crippen molar-refractivity contribution >= 4 is 29.0 Å². The Morgan fingerprint density at radius 2 is 1.95 bits per heavy atom. The van der Waals surface area contributed by atoms with E-state index < -0.39 is 5.60 Å². The van der Waals surface area contributed by atoms with Crippen LogP contribution in [-0.2, 0) is 11.3 Å². The summed E-state index contributed by atoms with van der Waals surface area (Å²) in [6.45, 7) is 9.75. The average molecular weight is 317 g/mol. The Labute approximate surface area is 129 Å². The van der Waals surface area contributed by atoms with Crippen LogP contribution in [0.2, 0.25) is 4.34 Å². The van der Waals surface area contributed by atoms with E-state index in [4.69, 9.17) is 16.3 Å². The Morgan fingerprint density at radius 1 is 1.30 bits per heavy atom. The lowest BCUT2D eigenvalue weighted by molar-refractivity contribution is 0.0140. The second kappa shape index (κ2) is 6.33. The SMILES string of the molecule is CC(C)(C)OC(=O)N1CCN(Cc2ccc(Cl)s2)CC1. The van der Waals surface area contributed by atoms with Gasteiger partial charge in [0, 0.05) is 37.6 Å². The molecule has 1 aromatic rings. The van der Waals surface area contributed by atoms with Gasteiger partial charge in [-0.2, -0.15) is 0 Å². The topological polar surface area (TPSA) is 32.8 Å². The van der Waals surface area contributed by atoms with Gasteiger partial charge in [0.2, 0.25) is 0 Å². The molecule has 1 saturated heterocycles. The minimum absolute atomic E-state index is 0.212. The number of piperazine rings is 1. The van der Waals surface area contributed by atoms with Crippen molar-refractivity contribution in [1.29, 1.82) is 0 Å². The number of ether oxygens (including phenoxy) is 1. The molecule has 0 N–H and O–H groups in total. The van der Waals surface area contributed by atoms with Gasteiger partial charge >= 0.3 is 6.09 Å². The van der Waals surface area contributed by atoms with Crippen molar-refractivity contribution in [3.05, 3.63) is 21.3 Å². The lowest BCUT2D eigenvalue weighted by Gasteiger charge is -2.35. The normalized spacial score (nSPS) is 17.3. The van der Waals surface area contributed by atoms with Crippen molar-refractivity contribution in [2.45, 2.75) is 32.9 Å². The maximum Gasteiger partial charge on any atom is 0.410 e. The number of hydrogen-bond acceptors (Lipinski definition) is 4. The highest BCUT2D eigenvalue weighted by atomic mass is 35.5. The van der Waals surface area contributed by atoms with Gasteiger partial charge in [-0.15, -0.1) is 11.3 Å². The number of hydrogen-bond donors (Lipinski definition) is 0. The number of nitrogens with zero attached hydrogens (tertiary/aromatic N) is 2. The fraction of sp³-hybridized carbons (Fsp3) is 0.643. The molecule has 0 bridgehead atoms. The zero-order valence-corrected chi connectivity index (χ0v) is 13.8. The first-order valence-corrected chi connectivity index (χ1v) is 7.97. The number of amides is 1. The van der Waals surface area contributed by atoms with Crippen LogP contribution in [0.3, 0.4) is 0 Å². The standard InChI is InChI=1S/C14H21ClN2O2S/c1-14(2,3)19-13(18)17-8-6-16(7-9-17)10-11-4-5-12(15)20-11/h4-5H,6-10H2,1-3H3. The van der Waals surface area contributed by atoms with Crippen LogP contribution in [0.1, 0.15) is 25.6 Å². The summed E-state index contributed by atoms with van der Waals surface area (Å²) in [6, 6.07) is 3.99. The van der Waals surface area contributed by atoms with Crippen LogP contribution in [0.25, 0.3) is 0 Å². The van der Waals surface area contributed by atoms with Crippen LogP contribution in [0, 0.1) is 0 Å². The van der Waals surface area contributed by atoms with Gasteiger partial charge in [0.1, 0.15) is 5.60 Å². The van der Waals surface area contributed by atoms with Gasteiger partial charge < -0.3 is 9.64 Å². The molecule has 1 amide bonds. The third-order valence-corrected chi connectivity index (χ3v) is 4.25. The highest BCUT2D eigenvalue weighted by Crippen LogP contribution is 2.23.